The van der Waals surface area contributed by atoms with Crippen molar-refractivity contribution in [1.29, 1.82) is 0 Å². The summed E-state index contributed by atoms with van der Waals surface area (Å²) in [7, 11) is 0. The van der Waals surface area contributed by atoms with E-state index in [0.29, 0.717) is 28.6 Å². The van der Waals surface area contributed by atoms with Crippen molar-refractivity contribution in [2.24, 2.45) is 0 Å². The van der Waals surface area contributed by atoms with Gasteiger partial charge in [-0.05, 0) is 30.5 Å². The topological polar surface area (TPSA) is 90.9 Å². The summed E-state index contributed by atoms with van der Waals surface area (Å²) < 4.78 is 7.34. The van der Waals surface area contributed by atoms with Crippen LogP contribution in [0.4, 0.5) is 0 Å². The molecule has 1 unspecified atom stereocenters. The van der Waals surface area contributed by atoms with Crippen LogP contribution in [0.3, 0.4) is 0 Å². The van der Waals surface area contributed by atoms with Crippen molar-refractivity contribution in [3.63, 3.8) is 0 Å². The number of carbonyl (C=O) groups is 1. The first kappa shape index (κ1) is 23.7. The fraction of sp³-hybridized carbons (Fsp3) is 0.179. The number of aryl methyl sites for hydroxylation is 1. The maximum absolute atomic E-state index is 13.1. The molecule has 0 saturated carbocycles. The molecule has 0 radical (unpaired) electrons. The van der Waals surface area contributed by atoms with E-state index in [1.807, 2.05) is 79.7 Å². The molecule has 36 heavy (non-hydrogen) atoms. The van der Waals surface area contributed by atoms with E-state index in [1.165, 1.54) is 22.0 Å². The summed E-state index contributed by atoms with van der Waals surface area (Å²) in [4.78, 5) is 26.0. The standard InChI is InChI=1S/C28H24N4O3S/c1-3-19-13-15-21(16-14-19)25(33)18(2)36-28-30-29-26(35-28)24-22-11-7-8-12-23(22)27(34)32(31-24)17-20-9-5-4-6-10-20/h4-16,18H,3,17H2,1-2H3. The number of aromatic nitrogens is 4. The molecule has 0 spiro atoms. The lowest BCUT2D eigenvalue weighted by Crippen LogP contribution is -2.24. The molecule has 0 N–H and O–H groups in total. The second kappa shape index (κ2) is 10.3. The van der Waals surface area contributed by atoms with Crippen molar-refractivity contribution in [1.82, 2.24) is 20.0 Å². The lowest BCUT2D eigenvalue weighted by molar-refractivity contribution is 0.0993. The monoisotopic (exact) mass is 496 g/mol. The molecule has 3 aromatic carbocycles. The number of nitrogens with zero attached hydrogens (tertiary/aromatic N) is 4. The number of rotatable bonds is 8. The van der Waals surface area contributed by atoms with Crippen LogP contribution in [-0.4, -0.2) is 31.0 Å². The maximum Gasteiger partial charge on any atom is 0.277 e. The predicted octanol–water partition coefficient (Wildman–Crippen LogP) is 5.42. The first-order valence-electron chi connectivity index (χ1n) is 11.7. The van der Waals surface area contributed by atoms with Gasteiger partial charge in [0, 0.05) is 10.9 Å². The Morgan fingerprint density at radius 3 is 2.33 bits per heavy atom. The van der Waals surface area contributed by atoms with Crippen molar-refractivity contribution in [2.75, 3.05) is 0 Å². The van der Waals surface area contributed by atoms with Gasteiger partial charge in [0.1, 0.15) is 0 Å². The second-order valence-corrected chi connectivity index (χ2v) is 9.68. The van der Waals surface area contributed by atoms with E-state index in [2.05, 4.69) is 22.2 Å². The molecule has 2 aromatic heterocycles. The van der Waals surface area contributed by atoms with Gasteiger partial charge >= 0.3 is 0 Å². The molecule has 8 heteroatoms. The largest absolute Gasteiger partial charge is 0.409 e. The fourth-order valence-corrected chi connectivity index (χ4v) is 4.71. The predicted molar refractivity (Wildman–Crippen MR) is 140 cm³/mol. The molecule has 0 bridgehead atoms. The zero-order chi connectivity index (χ0) is 25.1. The van der Waals surface area contributed by atoms with Crippen LogP contribution in [0, 0.1) is 0 Å². The average Bonchev–Trinajstić information content (AvgIpc) is 3.38. The molecule has 0 fully saturated rings. The van der Waals surface area contributed by atoms with Crippen LogP contribution < -0.4 is 5.56 Å². The van der Waals surface area contributed by atoms with Crippen LogP contribution >= 0.6 is 11.8 Å². The minimum Gasteiger partial charge on any atom is -0.409 e. The normalized spacial score (nSPS) is 12.1. The Bertz CT molecular complexity index is 1580. The third-order valence-corrected chi connectivity index (χ3v) is 6.88. The van der Waals surface area contributed by atoms with Crippen LogP contribution in [0.5, 0.6) is 0 Å². The summed E-state index contributed by atoms with van der Waals surface area (Å²) in [5.41, 5.74) is 3.01. The molecular formula is C28H24N4O3S. The zero-order valence-electron chi connectivity index (χ0n) is 19.9. The summed E-state index contributed by atoms with van der Waals surface area (Å²) in [5, 5.41) is 13.9. The Hall–Kier alpha value is -4.04. The minimum absolute atomic E-state index is 0.0117. The molecular weight excluding hydrogens is 472 g/mol. The smallest absolute Gasteiger partial charge is 0.277 e. The van der Waals surface area contributed by atoms with Crippen LogP contribution in [0.2, 0.25) is 0 Å². The highest BCUT2D eigenvalue weighted by atomic mass is 32.2. The third-order valence-electron chi connectivity index (χ3n) is 5.95. The van der Waals surface area contributed by atoms with E-state index >= 15 is 0 Å². The molecule has 0 saturated heterocycles. The van der Waals surface area contributed by atoms with Gasteiger partial charge in [-0.1, -0.05) is 91.5 Å². The van der Waals surface area contributed by atoms with Gasteiger partial charge in [-0.25, -0.2) is 4.68 Å². The maximum atomic E-state index is 13.1. The Morgan fingerprint density at radius 2 is 1.61 bits per heavy atom. The molecule has 0 aliphatic heterocycles. The highest BCUT2D eigenvalue weighted by molar-refractivity contribution is 8.00. The van der Waals surface area contributed by atoms with Gasteiger partial charge in [-0.15, -0.1) is 10.2 Å². The number of fused-ring (bicyclic) bond motifs is 1. The minimum atomic E-state index is -0.414. The molecule has 0 amide bonds. The van der Waals surface area contributed by atoms with E-state index in [1.54, 1.807) is 6.07 Å². The van der Waals surface area contributed by atoms with Crippen LogP contribution in [0.25, 0.3) is 22.4 Å². The van der Waals surface area contributed by atoms with Crippen LogP contribution in [0.1, 0.15) is 35.3 Å². The van der Waals surface area contributed by atoms with Gasteiger partial charge in [-0.3, -0.25) is 9.59 Å². The molecule has 0 aliphatic rings. The summed E-state index contributed by atoms with van der Waals surface area (Å²) in [6, 6.07) is 24.5. The van der Waals surface area contributed by atoms with Crippen molar-refractivity contribution < 1.29 is 9.21 Å². The first-order chi connectivity index (χ1) is 17.5. The molecule has 2 heterocycles. The number of hydrogen-bond donors (Lipinski definition) is 0. The molecule has 5 aromatic rings. The SMILES string of the molecule is CCc1ccc(C(=O)C(C)Sc2nnc(-c3nn(Cc4ccccc4)c(=O)c4ccccc34)o2)cc1. The number of Topliss-reactive ketones (excluding diaryl/α,β-unsaturated/α-hetero) is 1. The van der Waals surface area contributed by atoms with Gasteiger partial charge in [0.15, 0.2) is 11.5 Å². The van der Waals surface area contributed by atoms with Crippen LogP contribution in [-0.2, 0) is 13.0 Å². The van der Waals surface area contributed by atoms with Crippen molar-refractivity contribution in [3.05, 3.63) is 106 Å². The van der Waals surface area contributed by atoms with Gasteiger partial charge in [0.05, 0.1) is 17.2 Å². The summed E-state index contributed by atoms with van der Waals surface area (Å²) in [5.74, 6) is 0.185. The number of hydrogen-bond acceptors (Lipinski definition) is 7. The van der Waals surface area contributed by atoms with E-state index in [4.69, 9.17) is 4.42 Å². The molecule has 180 valence electrons. The van der Waals surface area contributed by atoms with Crippen molar-refractivity contribution in [3.8, 4) is 11.6 Å². The summed E-state index contributed by atoms with van der Waals surface area (Å²) in [6.45, 7) is 4.21. The highest BCUT2D eigenvalue weighted by Gasteiger charge is 2.22. The molecule has 0 aliphatic carbocycles. The Balaban J connectivity index is 1.44. The van der Waals surface area contributed by atoms with Gasteiger partial charge in [0.25, 0.3) is 16.7 Å². The second-order valence-electron chi connectivity index (χ2n) is 8.39. The van der Waals surface area contributed by atoms with Gasteiger partial charge in [-0.2, -0.15) is 5.10 Å². The number of carbonyl (C=O) groups excluding carboxylic acids is 1. The molecule has 5 rings (SSSR count). The number of benzene rings is 3. The van der Waals surface area contributed by atoms with E-state index in [0.717, 1.165) is 12.0 Å². The van der Waals surface area contributed by atoms with Crippen LogP contribution in [0.15, 0.2) is 93.3 Å². The van der Waals surface area contributed by atoms with Crippen molar-refractivity contribution >= 4 is 28.3 Å². The lowest BCUT2D eigenvalue weighted by Gasteiger charge is -2.09. The summed E-state index contributed by atoms with van der Waals surface area (Å²) >= 11 is 1.20. The molecule has 7 nitrogen and oxygen atoms in total. The van der Waals surface area contributed by atoms with Gasteiger partial charge < -0.3 is 4.42 Å². The average molecular weight is 497 g/mol. The van der Waals surface area contributed by atoms with Gasteiger partial charge in [0.2, 0.25) is 0 Å². The van der Waals surface area contributed by atoms with E-state index in [-0.39, 0.29) is 22.5 Å². The third kappa shape index (κ3) is 4.85. The van der Waals surface area contributed by atoms with Crippen molar-refractivity contribution in [2.45, 2.75) is 37.3 Å². The highest BCUT2D eigenvalue weighted by Crippen LogP contribution is 2.29. The fourth-order valence-electron chi connectivity index (χ4n) is 3.95. The quantitative estimate of drug-likeness (QED) is 0.209. The van der Waals surface area contributed by atoms with E-state index < -0.39 is 5.25 Å². The molecule has 1 atom stereocenters. The lowest BCUT2D eigenvalue weighted by atomic mass is 10.1. The van der Waals surface area contributed by atoms with E-state index in [9.17, 15) is 9.59 Å². The Labute approximate surface area is 212 Å². The first-order valence-corrected chi connectivity index (χ1v) is 12.6. The Kier molecular flexibility index (Phi) is 6.77. The summed E-state index contributed by atoms with van der Waals surface area (Å²) in [6.07, 6.45) is 0.922. The Morgan fingerprint density at radius 1 is 0.917 bits per heavy atom. The number of thioether (sulfide) groups is 1. The number of ketones is 1. The zero-order valence-corrected chi connectivity index (χ0v) is 20.7.